The molecular weight excluding hydrogens is 344 g/mol. The number of nitrogens with zero attached hydrogens (tertiary/aromatic N) is 3. The van der Waals surface area contributed by atoms with Gasteiger partial charge in [0.05, 0.1) is 28.3 Å². The van der Waals surface area contributed by atoms with Crippen molar-refractivity contribution in [1.29, 1.82) is 0 Å². The number of hydrogen-bond acceptors (Lipinski definition) is 5. The van der Waals surface area contributed by atoms with Crippen molar-refractivity contribution in [3.05, 3.63) is 57.2 Å². The maximum absolute atomic E-state index is 13.1. The van der Waals surface area contributed by atoms with Gasteiger partial charge in [0.15, 0.2) is 0 Å². The number of thiazole rings is 1. The van der Waals surface area contributed by atoms with Gasteiger partial charge in [-0.3, -0.25) is 14.7 Å². The number of carbonyl (C=O) groups excluding carboxylic acids is 1. The van der Waals surface area contributed by atoms with Crippen molar-refractivity contribution >= 4 is 28.1 Å². The Morgan fingerprint density at radius 3 is 2.92 bits per heavy atom. The van der Waals surface area contributed by atoms with Crippen molar-refractivity contribution in [2.45, 2.75) is 33.4 Å². The van der Waals surface area contributed by atoms with Gasteiger partial charge in [-0.25, -0.2) is 4.98 Å². The van der Waals surface area contributed by atoms with E-state index in [1.807, 2.05) is 36.6 Å². The summed E-state index contributed by atoms with van der Waals surface area (Å²) >= 11 is 1.60. The molecule has 1 N–H and O–H groups in total. The fraction of sp³-hybridized carbons (Fsp3) is 0.350. The number of pyridine rings is 1. The minimum absolute atomic E-state index is 0.0385. The summed E-state index contributed by atoms with van der Waals surface area (Å²) in [5.41, 5.74) is 4.71. The van der Waals surface area contributed by atoms with Crippen molar-refractivity contribution in [2.75, 3.05) is 13.1 Å². The third kappa shape index (κ3) is 3.22. The van der Waals surface area contributed by atoms with E-state index in [0.717, 1.165) is 64.5 Å². The lowest BCUT2D eigenvalue weighted by molar-refractivity contribution is 0.0949. The summed E-state index contributed by atoms with van der Waals surface area (Å²) in [4.78, 5) is 24.8. The molecule has 6 heteroatoms. The van der Waals surface area contributed by atoms with E-state index in [0.29, 0.717) is 6.54 Å². The van der Waals surface area contributed by atoms with Crippen molar-refractivity contribution in [3.8, 4) is 0 Å². The number of carbonyl (C=O) groups is 1. The zero-order valence-corrected chi connectivity index (χ0v) is 15.9. The van der Waals surface area contributed by atoms with E-state index in [4.69, 9.17) is 4.98 Å². The van der Waals surface area contributed by atoms with Crippen LogP contribution in [-0.2, 0) is 19.5 Å². The fourth-order valence-electron chi connectivity index (χ4n) is 3.52. The summed E-state index contributed by atoms with van der Waals surface area (Å²) in [7, 11) is 0. The molecule has 0 saturated carbocycles. The van der Waals surface area contributed by atoms with Gasteiger partial charge in [0, 0.05) is 41.5 Å². The lowest BCUT2D eigenvalue weighted by atomic mass is 9.95. The van der Waals surface area contributed by atoms with Crippen molar-refractivity contribution < 1.29 is 4.79 Å². The highest BCUT2D eigenvalue weighted by Crippen LogP contribution is 2.28. The van der Waals surface area contributed by atoms with Crippen LogP contribution in [0.2, 0.25) is 0 Å². The Balaban J connectivity index is 1.73. The fourth-order valence-corrected chi connectivity index (χ4v) is 4.14. The number of aryl methyl sites for hydroxylation is 1. The average Bonchev–Trinajstić information content (AvgIpc) is 3.09. The van der Waals surface area contributed by atoms with Gasteiger partial charge in [0.25, 0.3) is 5.91 Å². The predicted molar refractivity (Wildman–Crippen MR) is 104 cm³/mol. The maximum Gasteiger partial charge on any atom is 0.252 e. The number of aromatic nitrogens is 2. The second-order valence-corrected chi connectivity index (χ2v) is 7.65. The topological polar surface area (TPSA) is 58.1 Å². The number of hydrogen-bond donors (Lipinski definition) is 1. The normalized spacial score (nSPS) is 14.4. The first kappa shape index (κ1) is 17.1. The Labute approximate surface area is 157 Å². The molecule has 1 aromatic carbocycles. The zero-order chi connectivity index (χ0) is 18.1. The van der Waals surface area contributed by atoms with Crippen LogP contribution in [0.5, 0.6) is 0 Å². The highest BCUT2D eigenvalue weighted by Gasteiger charge is 2.25. The zero-order valence-electron chi connectivity index (χ0n) is 15.1. The van der Waals surface area contributed by atoms with Gasteiger partial charge in [0.2, 0.25) is 0 Å². The van der Waals surface area contributed by atoms with Crippen molar-refractivity contribution in [2.24, 2.45) is 0 Å². The smallest absolute Gasteiger partial charge is 0.252 e. The van der Waals surface area contributed by atoms with Gasteiger partial charge in [-0.2, -0.15) is 0 Å². The molecule has 5 nitrogen and oxygen atoms in total. The molecule has 0 fully saturated rings. The first-order valence-electron chi connectivity index (χ1n) is 8.97. The van der Waals surface area contributed by atoms with E-state index in [9.17, 15) is 4.79 Å². The van der Waals surface area contributed by atoms with Crippen LogP contribution in [0.3, 0.4) is 0 Å². The van der Waals surface area contributed by atoms with Crippen LogP contribution in [0.1, 0.15) is 39.2 Å². The van der Waals surface area contributed by atoms with Crippen LogP contribution < -0.4 is 5.32 Å². The second-order valence-electron chi connectivity index (χ2n) is 6.59. The monoisotopic (exact) mass is 366 g/mol. The molecule has 0 saturated heterocycles. The summed E-state index contributed by atoms with van der Waals surface area (Å²) in [6, 6.07) is 7.93. The molecule has 3 heterocycles. The average molecular weight is 366 g/mol. The molecule has 1 aliphatic heterocycles. The van der Waals surface area contributed by atoms with Gasteiger partial charge in [-0.15, -0.1) is 11.3 Å². The first-order valence-corrected chi connectivity index (χ1v) is 9.85. The SMILES string of the molecule is CCN1CCc2nc3ccccc3c(C(=O)NCc3csc(C)n3)c2C1. The molecule has 4 rings (SSSR count). The Kier molecular flexibility index (Phi) is 4.70. The second kappa shape index (κ2) is 7.13. The highest BCUT2D eigenvalue weighted by molar-refractivity contribution is 7.09. The molecule has 134 valence electrons. The molecule has 0 atom stereocenters. The van der Waals surface area contributed by atoms with Crippen LogP contribution >= 0.6 is 11.3 Å². The molecule has 0 spiro atoms. The third-order valence-electron chi connectivity index (χ3n) is 4.90. The van der Waals surface area contributed by atoms with E-state index < -0.39 is 0 Å². The third-order valence-corrected chi connectivity index (χ3v) is 5.72. The number of likely N-dealkylation sites (N-methyl/N-ethyl adjacent to an activating group) is 1. The van der Waals surface area contributed by atoms with Crippen LogP contribution in [-0.4, -0.2) is 33.9 Å². The number of rotatable bonds is 4. The van der Waals surface area contributed by atoms with Crippen LogP contribution in [0, 0.1) is 6.92 Å². The highest BCUT2D eigenvalue weighted by atomic mass is 32.1. The van der Waals surface area contributed by atoms with E-state index in [2.05, 4.69) is 22.1 Å². The van der Waals surface area contributed by atoms with Crippen LogP contribution in [0.15, 0.2) is 29.6 Å². The molecular formula is C20H22N4OS. The quantitative estimate of drug-likeness (QED) is 0.770. The van der Waals surface area contributed by atoms with Gasteiger partial charge in [-0.05, 0) is 19.5 Å². The Morgan fingerprint density at radius 1 is 1.31 bits per heavy atom. The first-order chi connectivity index (χ1) is 12.7. The molecule has 26 heavy (non-hydrogen) atoms. The van der Waals surface area contributed by atoms with Crippen molar-refractivity contribution in [3.63, 3.8) is 0 Å². The van der Waals surface area contributed by atoms with E-state index in [-0.39, 0.29) is 5.91 Å². The van der Waals surface area contributed by atoms with E-state index >= 15 is 0 Å². The summed E-state index contributed by atoms with van der Waals surface area (Å²) in [5, 5.41) is 7.00. The summed E-state index contributed by atoms with van der Waals surface area (Å²) in [6.45, 7) is 7.33. The predicted octanol–water partition coefficient (Wildman–Crippen LogP) is 3.31. The van der Waals surface area contributed by atoms with Crippen LogP contribution in [0.4, 0.5) is 0 Å². The summed E-state index contributed by atoms with van der Waals surface area (Å²) in [5.74, 6) is -0.0385. The van der Waals surface area contributed by atoms with Crippen LogP contribution in [0.25, 0.3) is 10.9 Å². The molecule has 0 aliphatic carbocycles. The number of para-hydroxylation sites is 1. The molecule has 0 bridgehead atoms. The number of benzene rings is 1. The summed E-state index contributed by atoms with van der Waals surface area (Å²) < 4.78 is 0. The Morgan fingerprint density at radius 2 is 2.15 bits per heavy atom. The molecule has 2 aromatic heterocycles. The van der Waals surface area contributed by atoms with Gasteiger partial charge < -0.3 is 5.32 Å². The summed E-state index contributed by atoms with van der Waals surface area (Å²) in [6.07, 6.45) is 0.888. The molecule has 0 unspecified atom stereocenters. The minimum atomic E-state index is -0.0385. The van der Waals surface area contributed by atoms with Gasteiger partial charge >= 0.3 is 0 Å². The lowest BCUT2D eigenvalue weighted by Crippen LogP contribution is -2.34. The van der Waals surface area contributed by atoms with Gasteiger partial charge in [0.1, 0.15) is 0 Å². The maximum atomic E-state index is 13.1. The number of amides is 1. The molecule has 0 radical (unpaired) electrons. The minimum Gasteiger partial charge on any atom is -0.346 e. The van der Waals surface area contributed by atoms with E-state index in [1.54, 1.807) is 11.3 Å². The molecule has 1 amide bonds. The number of nitrogens with one attached hydrogen (secondary N) is 1. The molecule has 1 aliphatic rings. The standard InChI is InChI=1S/C20H22N4OS/c1-3-24-9-8-18-16(11-24)19(15-6-4-5-7-17(15)23-18)20(25)21-10-14-12-26-13(2)22-14/h4-7,12H,3,8-11H2,1-2H3,(H,21,25). The Hall–Kier alpha value is -2.31. The Bertz CT molecular complexity index is 966. The lowest BCUT2D eigenvalue weighted by Gasteiger charge is -2.29. The van der Waals surface area contributed by atoms with E-state index in [1.165, 1.54) is 0 Å². The molecule has 3 aromatic rings. The van der Waals surface area contributed by atoms with Crippen molar-refractivity contribution in [1.82, 2.24) is 20.2 Å². The largest absolute Gasteiger partial charge is 0.346 e. The van der Waals surface area contributed by atoms with Gasteiger partial charge in [-0.1, -0.05) is 25.1 Å². The number of fused-ring (bicyclic) bond motifs is 2.